The van der Waals surface area contributed by atoms with Crippen molar-refractivity contribution in [2.75, 3.05) is 5.32 Å². The van der Waals surface area contributed by atoms with Crippen molar-refractivity contribution < 1.29 is 8.78 Å². The van der Waals surface area contributed by atoms with E-state index in [1.165, 1.54) is 24.3 Å². The molecule has 1 N–H and O–H groups in total. The van der Waals surface area contributed by atoms with Gasteiger partial charge in [-0.15, -0.1) is 0 Å². The molecule has 2 rings (SSSR count). The Hall–Kier alpha value is -1.83. The molecule has 2 aromatic rings. The van der Waals surface area contributed by atoms with Gasteiger partial charge in [0.2, 0.25) is 0 Å². The maximum atomic E-state index is 13.7. The van der Waals surface area contributed by atoms with E-state index in [-0.39, 0.29) is 22.2 Å². The summed E-state index contributed by atoms with van der Waals surface area (Å²) >= 11 is 11.3. The Bertz CT molecular complexity index is 673. The lowest BCUT2D eigenvalue weighted by atomic mass is 10.1. The van der Waals surface area contributed by atoms with Gasteiger partial charge in [-0.3, -0.25) is 0 Å². The number of nitrogens with zero attached hydrogens (tertiary/aromatic N) is 1. The Labute approximate surface area is 124 Å². The van der Waals surface area contributed by atoms with E-state index in [1.54, 1.807) is 0 Å². The van der Waals surface area contributed by atoms with Crippen LogP contribution in [0.4, 0.5) is 14.5 Å². The number of halogens is 4. The van der Waals surface area contributed by atoms with Gasteiger partial charge in [0.1, 0.15) is 5.82 Å². The van der Waals surface area contributed by atoms with E-state index in [4.69, 9.17) is 28.5 Å². The SMILES string of the molecule is N#Cc1ccc(CNc2cc(Cl)c(F)c(Cl)c2)c(F)c1. The molecule has 6 heteroatoms. The Morgan fingerprint density at radius 3 is 2.30 bits per heavy atom. The lowest BCUT2D eigenvalue weighted by molar-refractivity contribution is 0.612. The summed E-state index contributed by atoms with van der Waals surface area (Å²) in [4.78, 5) is 0. The largest absolute Gasteiger partial charge is 0.381 e. The zero-order chi connectivity index (χ0) is 14.7. The number of hydrogen-bond acceptors (Lipinski definition) is 2. The molecule has 0 aliphatic carbocycles. The number of nitriles is 1. The number of rotatable bonds is 3. The van der Waals surface area contributed by atoms with Gasteiger partial charge in [-0.25, -0.2) is 8.78 Å². The van der Waals surface area contributed by atoms with Crippen molar-refractivity contribution in [3.05, 3.63) is 63.1 Å². The zero-order valence-corrected chi connectivity index (χ0v) is 11.6. The van der Waals surface area contributed by atoms with Crippen LogP contribution in [-0.2, 0) is 6.54 Å². The van der Waals surface area contributed by atoms with E-state index >= 15 is 0 Å². The molecule has 0 bridgehead atoms. The highest BCUT2D eigenvalue weighted by Gasteiger charge is 2.08. The van der Waals surface area contributed by atoms with Gasteiger partial charge in [0.05, 0.1) is 21.7 Å². The molecule has 0 heterocycles. The fourth-order valence-corrected chi connectivity index (χ4v) is 2.10. The molecule has 2 nitrogen and oxygen atoms in total. The molecule has 0 radical (unpaired) electrons. The lowest BCUT2D eigenvalue weighted by Crippen LogP contribution is -2.02. The van der Waals surface area contributed by atoms with E-state index in [9.17, 15) is 8.78 Å². The van der Waals surface area contributed by atoms with Gasteiger partial charge < -0.3 is 5.32 Å². The van der Waals surface area contributed by atoms with E-state index in [2.05, 4.69) is 5.32 Å². The first-order valence-electron chi connectivity index (χ1n) is 5.58. The van der Waals surface area contributed by atoms with Gasteiger partial charge in [-0.2, -0.15) is 5.26 Å². The minimum atomic E-state index is -0.691. The molecule has 20 heavy (non-hydrogen) atoms. The smallest absolute Gasteiger partial charge is 0.160 e. The Kier molecular flexibility index (Phi) is 4.43. The van der Waals surface area contributed by atoms with Crippen LogP contribution in [0.15, 0.2) is 30.3 Å². The van der Waals surface area contributed by atoms with Gasteiger partial charge in [-0.1, -0.05) is 29.3 Å². The highest BCUT2D eigenvalue weighted by molar-refractivity contribution is 6.35. The Morgan fingerprint density at radius 1 is 1.10 bits per heavy atom. The molecule has 0 saturated heterocycles. The summed E-state index contributed by atoms with van der Waals surface area (Å²) in [5.74, 6) is -1.18. The fraction of sp³-hybridized carbons (Fsp3) is 0.0714. The van der Waals surface area contributed by atoms with Crippen molar-refractivity contribution in [1.29, 1.82) is 5.26 Å². The van der Waals surface area contributed by atoms with Crippen molar-refractivity contribution >= 4 is 28.9 Å². The number of benzene rings is 2. The lowest BCUT2D eigenvalue weighted by Gasteiger charge is -2.09. The second-order valence-corrected chi connectivity index (χ2v) is 4.84. The van der Waals surface area contributed by atoms with Crippen molar-refractivity contribution in [2.45, 2.75) is 6.54 Å². The van der Waals surface area contributed by atoms with Crippen LogP contribution in [0, 0.1) is 23.0 Å². The zero-order valence-electron chi connectivity index (χ0n) is 10.1. The molecular formula is C14H8Cl2F2N2. The highest BCUT2D eigenvalue weighted by Crippen LogP contribution is 2.27. The van der Waals surface area contributed by atoms with Crippen LogP contribution < -0.4 is 5.32 Å². The van der Waals surface area contributed by atoms with Gasteiger partial charge in [-0.05, 0) is 24.3 Å². The van der Waals surface area contributed by atoms with Gasteiger partial charge in [0.15, 0.2) is 5.82 Å². The van der Waals surface area contributed by atoms with Crippen LogP contribution in [-0.4, -0.2) is 0 Å². The predicted octanol–water partition coefficient (Wildman–Crippen LogP) is 4.76. The first-order chi connectivity index (χ1) is 9.51. The molecule has 0 aliphatic rings. The van der Waals surface area contributed by atoms with Crippen LogP contribution in [0.25, 0.3) is 0 Å². The van der Waals surface area contributed by atoms with Gasteiger partial charge in [0, 0.05) is 17.8 Å². The molecular weight excluding hydrogens is 305 g/mol. The van der Waals surface area contributed by atoms with Crippen molar-refractivity contribution in [3.8, 4) is 6.07 Å². The molecule has 0 aromatic heterocycles. The molecule has 2 aromatic carbocycles. The fourth-order valence-electron chi connectivity index (χ4n) is 1.62. The summed E-state index contributed by atoms with van der Waals surface area (Å²) in [6.45, 7) is 0.163. The third kappa shape index (κ3) is 3.19. The average molecular weight is 313 g/mol. The van der Waals surface area contributed by atoms with Gasteiger partial charge in [0.25, 0.3) is 0 Å². The van der Waals surface area contributed by atoms with Crippen LogP contribution in [0.2, 0.25) is 10.0 Å². The van der Waals surface area contributed by atoms with Crippen LogP contribution in [0.1, 0.15) is 11.1 Å². The number of nitrogens with one attached hydrogen (secondary N) is 1. The molecule has 0 atom stereocenters. The highest BCUT2D eigenvalue weighted by atomic mass is 35.5. The quantitative estimate of drug-likeness (QED) is 0.830. The van der Waals surface area contributed by atoms with E-state index < -0.39 is 11.6 Å². The average Bonchev–Trinajstić information content (AvgIpc) is 2.43. The van der Waals surface area contributed by atoms with Crippen LogP contribution in [0.5, 0.6) is 0 Å². The summed E-state index contributed by atoms with van der Waals surface area (Å²) in [7, 11) is 0. The summed E-state index contributed by atoms with van der Waals surface area (Å²) in [6, 6.07) is 8.76. The van der Waals surface area contributed by atoms with Crippen molar-refractivity contribution in [2.24, 2.45) is 0 Å². The molecule has 0 saturated carbocycles. The Balaban J connectivity index is 2.15. The maximum Gasteiger partial charge on any atom is 0.160 e. The molecule has 0 unspecified atom stereocenters. The number of anilines is 1. The Morgan fingerprint density at radius 2 is 1.75 bits per heavy atom. The monoisotopic (exact) mass is 312 g/mol. The molecule has 0 fully saturated rings. The topological polar surface area (TPSA) is 35.8 Å². The minimum Gasteiger partial charge on any atom is -0.381 e. The molecule has 0 spiro atoms. The third-order valence-corrected chi connectivity index (χ3v) is 3.20. The van der Waals surface area contributed by atoms with Crippen molar-refractivity contribution in [3.63, 3.8) is 0 Å². The summed E-state index contributed by atoms with van der Waals surface area (Å²) in [6.07, 6.45) is 0. The number of hydrogen-bond donors (Lipinski definition) is 1. The summed E-state index contributed by atoms with van der Waals surface area (Å²) < 4.78 is 26.9. The normalized spacial score (nSPS) is 10.2. The standard InChI is InChI=1S/C14H8Cl2F2N2/c15-11-4-10(5-12(16)14(11)18)20-7-9-2-1-8(6-19)3-13(9)17/h1-5,20H,7H2. The van der Waals surface area contributed by atoms with E-state index in [0.717, 1.165) is 6.07 Å². The summed E-state index contributed by atoms with van der Waals surface area (Å²) in [5, 5.41) is 11.3. The van der Waals surface area contributed by atoms with Crippen molar-refractivity contribution in [1.82, 2.24) is 0 Å². The van der Waals surface area contributed by atoms with Crippen LogP contribution >= 0.6 is 23.2 Å². The second-order valence-electron chi connectivity index (χ2n) is 4.03. The third-order valence-electron chi connectivity index (χ3n) is 2.65. The first kappa shape index (κ1) is 14.6. The molecule has 0 aliphatic heterocycles. The predicted molar refractivity (Wildman–Crippen MR) is 74.9 cm³/mol. The van der Waals surface area contributed by atoms with Gasteiger partial charge >= 0.3 is 0 Å². The second kappa shape index (κ2) is 6.08. The van der Waals surface area contributed by atoms with E-state index in [1.807, 2.05) is 6.07 Å². The molecule has 102 valence electrons. The molecule has 0 amide bonds. The maximum absolute atomic E-state index is 13.7. The van der Waals surface area contributed by atoms with E-state index in [0.29, 0.717) is 11.3 Å². The summed E-state index contributed by atoms with van der Waals surface area (Å²) in [5.41, 5.74) is 1.10. The van der Waals surface area contributed by atoms with Crippen LogP contribution in [0.3, 0.4) is 0 Å². The first-order valence-corrected chi connectivity index (χ1v) is 6.34. The minimum absolute atomic E-state index is 0.111.